The monoisotopic (exact) mass is 386 g/mol. The molecule has 2 aliphatic heterocycles. The van der Waals surface area contributed by atoms with E-state index in [0.29, 0.717) is 12.8 Å². The van der Waals surface area contributed by atoms with Crippen LogP contribution >= 0.6 is 0 Å². The molecule has 2 unspecified atom stereocenters. The van der Waals surface area contributed by atoms with Gasteiger partial charge in [0.05, 0.1) is 29.8 Å². The molecule has 0 radical (unpaired) electrons. The molecule has 2 aliphatic rings. The Morgan fingerprint density at radius 3 is 2.33 bits per heavy atom. The predicted octanol–water partition coefficient (Wildman–Crippen LogP) is 2.28. The number of hydrogen-bond donors (Lipinski definition) is 3. The molecule has 0 saturated carbocycles. The largest absolute Gasteiger partial charge is 0.459 e. The Bertz CT molecular complexity index is 535. The van der Waals surface area contributed by atoms with Crippen molar-refractivity contribution in [2.45, 2.75) is 103 Å². The van der Waals surface area contributed by atoms with Crippen LogP contribution in [0.15, 0.2) is 0 Å². The third kappa shape index (κ3) is 4.34. The van der Waals surface area contributed by atoms with Gasteiger partial charge in [0.1, 0.15) is 11.7 Å². The number of rotatable bonds is 3. The number of cyclic esters (lactones) is 1. The summed E-state index contributed by atoms with van der Waals surface area (Å²) in [4.78, 5) is 12.8. The summed E-state index contributed by atoms with van der Waals surface area (Å²) in [6, 6.07) is 0. The van der Waals surface area contributed by atoms with Crippen LogP contribution in [0.4, 0.5) is 0 Å². The summed E-state index contributed by atoms with van der Waals surface area (Å²) in [6.07, 6.45) is -1.21. The quantitative estimate of drug-likeness (QED) is 0.644. The fourth-order valence-electron chi connectivity index (χ4n) is 5.25. The summed E-state index contributed by atoms with van der Waals surface area (Å²) >= 11 is 0. The second-order valence-electron chi connectivity index (χ2n) is 9.54. The summed E-state index contributed by atoms with van der Waals surface area (Å²) in [6.45, 7) is 12.9. The SMILES string of the molecule is CC[C@@H](O)[C@@](C)(O)[C@@H]1OC(=O)[C@H](C)[C@H](O)[C@H](C)C[C@@]2(C)CC(C)C(O2)[C@@H]1C. The third-order valence-electron chi connectivity index (χ3n) is 6.83. The van der Waals surface area contributed by atoms with Gasteiger partial charge < -0.3 is 24.8 Å². The van der Waals surface area contributed by atoms with Gasteiger partial charge in [-0.3, -0.25) is 4.79 Å². The maximum atomic E-state index is 12.8. The van der Waals surface area contributed by atoms with E-state index in [1.807, 2.05) is 13.8 Å². The van der Waals surface area contributed by atoms with Gasteiger partial charge >= 0.3 is 5.97 Å². The second kappa shape index (κ2) is 7.97. The summed E-state index contributed by atoms with van der Waals surface area (Å²) in [5, 5.41) is 32.2. The molecule has 2 bridgehead atoms. The molecule has 0 aromatic heterocycles. The molecule has 0 amide bonds. The molecule has 0 aliphatic carbocycles. The van der Waals surface area contributed by atoms with E-state index in [9.17, 15) is 20.1 Å². The first kappa shape index (κ1) is 22.6. The van der Waals surface area contributed by atoms with E-state index < -0.39 is 41.4 Å². The molecule has 0 aromatic rings. The van der Waals surface area contributed by atoms with Crippen LogP contribution in [0.3, 0.4) is 0 Å². The van der Waals surface area contributed by atoms with E-state index in [0.717, 1.165) is 6.42 Å². The van der Waals surface area contributed by atoms with Crippen LogP contribution in [0.5, 0.6) is 0 Å². The van der Waals surface area contributed by atoms with E-state index in [1.54, 1.807) is 13.8 Å². The average Bonchev–Trinajstić information content (AvgIpc) is 2.89. The number of carbonyl (C=O) groups excluding carboxylic acids is 1. The number of fused-ring (bicyclic) bond motifs is 2. The molecule has 10 atom stereocenters. The van der Waals surface area contributed by atoms with Crippen LogP contribution in [0, 0.1) is 23.7 Å². The third-order valence-corrected chi connectivity index (χ3v) is 6.83. The van der Waals surface area contributed by atoms with Gasteiger partial charge in [-0.15, -0.1) is 0 Å². The minimum absolute atomic E-state index is 0.128. The Kier molecular flexibility index (Phi) is 6.67. The van der Waals surface area contributed by atoms with Crippen LogP contribution in [0.2, 0.25) is 0 Å². The van der Waals surface area contributed by atoms with Gasteiger partial charge in [0.15, 0.2) is 0 Å². The minimum Gasteiger partial charge on any atom is -0.459 e. The fourth-order valence-corrected chi connectivity index (χ4v) is 5.25. The lowest BCUT2D eigenvalue weighted by Crippen LogP contribution is -2.57. The Morgan fingerprint density at radius 1 is 1.22 bits per heavy atom. The van der Waals surface area contributed by atoms with E-state index in [4.69, 9.17) is 9.47 Å². The highest BCUT2D eigenvalue weighted by molar-refractivity contribution is 5.73. The first-order valence-corrected chi connectivity index (χ1v) is 10.3. The molecule has 27 heavy (non-hydrogen) atoms. The van der Waals surface area contributed by atoms with Crippen molar-refractivity contribution in [3.8, 4) is 0 Å². The van der Waals surface area contributed by atoms with E-state index in [-0.39, 0.29) is 23.9 Å². The lowest BCUT2D eigenvalue weighted by Gasteiger charge is -2.42. The summed E-state index contributed by atoms with van der Waals surface area (Å²) in [5.41, 5.74) is -2.01. The van der Waals surface area contributed by atoms with Gasteiger partial charge in [0.25, 0.3) is 0 Å². The van der Waals surface area contributed by atoms with E-state index in [1.165, 1.54) is 6.92 Å². The lowest BCUT2D eigenvalue weighted by molar-refractivity contribution is -0.203. The van der Waals surface area contributed by atoms with Gasteiger partial charge in [0, 0.05) is 5.92 Å². The first-order valence-electron chi connectivity index (χ1n) is 10.3. The van der Waals surface area contributed by atoms with Gasteiger partial charge in [0.2, 0.25) is 0 Å². The van der Waals surface area contributed by atoms with Crippen LogP contribution in [0.25, 0.3) is 0 Å². The highest BCUT2D eigenvalue weighted by Crippen LogP contribution is 2.45. The molecule has 6 heteroatoms. The number of aliphatic hydroxyl groups excluding tert-OH is 2. The van der Waals surface area contributed by atoms with Gasteiger partial charge in [-0.2, -0.15) is 0 Å². The van der Waals surface area contributed by atoms with Crippen LogP contribution < -0.4 is 0 Å². The molecule has 158 valence electrons. The smallest absolute Gasteiger partial charge is 0.311 e. The number of carbonyl (C=O) groups is 1. The number of hydrogen-bond acceptors (Lipinski definition) is 6. The molecule has 0 aromatic carbocycles. The molecular formula is C21H38O6. The highest BCUT2D eigenvalue weighted by Gasteiger charge is 2.53. The molecule has 2 heterocycles. The maximum Gasteiger partial charge on any atom is 0.311 e. The Hall–Kier alpha value is -0.690. The fraction of sp³-hybridized carbons (Fsp3) is 0.952. The van der Waals surface area contributed by atoms with Crippen molar-refractivity contribution in [1.82, 2.24) is 0 Å². The lowest BCUT2D eigenvalue weighted by atomic mass is 9.77. The standard InChI is InChI=1S/C21H38O6/c1-8-15(22)21(7,25)18-14(5)17-12(3)10-20(6,27-17)9-11(2)16(23)13(4)19(24)26-18/h11-18,22-23,25H,8-10H2,1-7H3/t11-,12?,13-,14+,15-,16-,17?,18-,20+,21-/m1/s1. The van der Waals surface area contributed by atoms with Crippen LogP contribution in [0.1, 0.15) is 67.7 Å². The first-order chi connectivity index (χ1) is 12.3. The van der Waals surface area contributed by atoms with Crippen molar-refractivity contribution in [2.24, 2.45) is 23.7 Å². The number of aliphatic hydroxyl groups is 3. The Morgan fingerprint density at radius 2 is 1.78 bits per heavy atom. The zero-order valence-corrected chi connectivity index (χ0v) is 17.8. The number of esters is 1. The molecule has 2 rings (SSSR count). The Balaban J connectivity index is 2.47. The zero-order chi connectivity index (χ0) is 20.7. The van der Waals surface area contributed by atoms with Gasteiger partial charge in [-0.25, -0.2) is 0 Å². The minimum atomic E-state index is -1.61. The molecular weight excluding hydrogens is 348 g/mol. The van der Waals surface area contributed by atoms with Crippen molar-refractivity contribution in [3.63, 3.8) is 0 Å². The topological polar surface area (TPSA) is 96.2 Å². The molecule has 2 saturated heterocycles. The predicted molar refractivity (Wildman–Crippen MR) is 102 cm³/mol. The van der Waals surface area contributed by atoms with Gasteiger partial charge in [-0.1, -0.05) is 27.7 Å². The van der Waals surface area contributed by atoms with Crippen molar-refractivity contribution in [2.75, 3.05) is 0 Å². The van der Waals surface area contributed by atoms with E-state index in [2.05, 4.69) is 13.8 Å². The highest BCUT2D eigenvalue weighted by atomic mass is 16.6. The molecule has 3 N–H and O–H groups in total. The van der Waals surface area contributed by atoms with Crippen LogP contribution in [-0.4, -0.2) is 56.9 Å². The van der Waals surface area contributed by atoms with Crippen molar-refractivity contribution in [1.29, 1.82) is 0 Å². The summed E-state index contributed by atoms with van der Waals surface area (Å²) in [5.74, 6) is -1.49. The second-order valence-corrected chi connectivity index (χ2v) is 9.54. The van der Waals surface area contributed by atoms with E-state index >= 15 is 0 Å². The van der Waals surface area contributed by atoms with Crippen LogP contribution in [-0.2, 0) is 14.3 Å². The van der Waals surface area contributed by atoms with Crippen molar-refractivity contribution in [3.05, 3.63) is 0 Å². The molecule has 2 fully saturated rings. The average molecular weight is 387 g/mol. The molecule has 6 nitrogen and oxygen atoms in total. The zero-order valence-electron chi connectivity index (χ0n) is 17.8. The van der Waals surface area contributed by atoms with Crippen molar-refractivity contribution < 1.29 is 29.6 Å². The normalized spacial score (nSPS) is 46.9. The molecule has 0 spiro atoms. The maximum absolute atomic E-state index is 12.8. The summed E-state index contributed by atoms with van der Waals surface area (Å²) in [7, 11) is 0. The van der Waals surface area contributed by atoms with Crippen molar-refractivity contribution >= 4 is 5.97 Å². The summed E-state index contributed by atoms with van der Waals surface area (Å²) < 4.78 is 12.2. The van der Waals surface area contributed by atoms with Gasteiger partial charge in [-0.05, 0) is 51.9 Å². The number of ether oxygens (including phenoxy) is 2. The Labute approximate surface area is 163 Å².